The van der Waals surface area contributed by atoms with Gasteiger partial charge in [0.2, 0.25) is 0 Å². The Morgan fingerprint density at radius 1 is 1.47 bits per heavy atom. The lowest BCUT2D eigenvalue weighted by atomic mass is 9.84. The summed E-state index contributed by atoms with van der Waals surface area (Å²) in [4.78, 5) is 6.49. The molecule has 3 heteroatoms. The lowest BCUT2D eigenvalue weighted by molar-refractivity contribution is 0.116. The highest BCUT2D eigenvalue weighted by atomic mass is 15.2. The van der Waals surface area contributed by atoms with Crippen molar-refractivity contribution < 1.29 is 0 Å². The van der Waals surface area contributed by atoms with E-state index in [-0.39, 0.29) is 5.54 Å². The summed E-state index contributed by atoms with van der Waals surface area (Å²) in [5.41, 5.74) is 1.44. The molecule has 0 aliphatic carbocycles. The van der Waals surface area contributed by atoms with E-state index >= 15 is 0 Å². The van der Waals surface area contributed by atoms with Crippen molar-refractivity contribution in [1.29, 1.82) is 0 Å². The van der Waals surface area contributed by atoms with E-state index < -0.39 is 0 Å². The molecule has 1 aromatic heterocycles. The second-order valence-corrected chi connectivity index (χ2v) is 5.01. The van der Waals surface area contributed by atoms with E-state index in [4.69, 9.17) is 0 Å². The third-order valence-electron chi connectivity index (χ3n) is 4.00. The fourth-order valence-corrected chi connectivity index (χ4v) is 2.26. The number of aromatic nitrogens is 1. The summed E-state index contributed by atoms with van der Waals surface area (Å²) in [6.45, 7) is 4.55. The third-order valence-corrected chi connectivity index (χ3v) is 4.00. The Bertz CT molecular complexity index is 323. The van der Waals surface area contributed by atoms with Crippen LogP contribution in [-0.2, 0) is 6.42 Å². The van der Waals surface area contributed by atoms with Gasteiger partial charge in [0, 0.05) is 24.0 Å². The van der Waals surface area contributed by atoms with Gasteiger partial charge in [-0.3, -0.25) is 4.98 Å². The van der Waals surface area contributed by atoms with E-state index in [9.17, 15) is 0 Å². The monoisotopic (exact) mass is 235 g/mol. The van der Waals surface area contributed by atoms with Crippen molar-refractivity contribution in [3.05, 3.63) is 30.1 Å². The second kappa shape index (κ2) is 6.12. The van der Waals surface area contributed by atoms with Gasteiger partial charge in [0.1, 0.15) is 0 Å². The first-order valence-electron chi connectivity index (χ1n) is 6.28. The van der Waals surface area contributed by atoms with E-state index in [1.807, 2.05) is 25.5 Å². The molecule has 1 aromatic rings. The van der Waals surface area contributed by atoms with Crippen molar-refractivity contribution in [3.8, 4) is 0 Å². The highest BCUT2D eigenvalue weighted by Crippen LogP contribution is 2.23. The van der Waals surface area contributed by atoms with Gasteiger partial charge in [-0.05, 0) is 52.5 Å². The zero-order valence-corrected chi connectivity index (χ0v) is 11.7. The van der Waals surface area contributed by atoms with Crippen molar-refractivity contribution in [1.82, 2.24) is 15.2 Å². The maximum absolute atomic E-state index is 4.18. The summed E-state index contributed by atoms with van der Waals surface area (Å²) in [7, 11) is 6.34. The van der Waals surface area contributed by atoms with Gasteiger partial charge in [-0.1, -0.05) is 13.0 Å². The van der Waals surface area contributed by atoms with Crippen LogP contribution in [0.5, 0.6) is 0 Å². The Balaban J connectivity index is 2.84. The molecule has 2 atom stereocenters. The lowest BCUT2D eigenvalue weighted by Gasteiger charge is -2.42. The first kappa shape index (κ1) is 14.1. The number of likely N-dealkylation sites (N-methyl/N-ethyl adjacent to an activating group) is 2. The molecule has 0 saturated carbocycles. The van der Waals surface area contributed by atoms with Crippen molar-refractivity contribution in [2.24, 2.45) is 0 Å². The van der Waals surface area contributed by atoms with E-state index in [1.165, 1.54) is 5.56 Å². The lowest BCUT2D eigenvalue weighted by Crippen LogP contribution is -2.56. The number of rotatable bonds is 6. The van der Waals surface area contributed by atoms with Gasteiger partial charge in [-0.2, -0.15) is 0 Å². The number of hydrogen-bond donors (Lipinski definition) is 1. The SMILES string of the molecule is CCC(C)(C(Cc1cccnc1)NC)N(C)C. The summed E-state index contributed by atoms with van der Waals surface area (Å²) < 4.78 is 0. The van der Waals surface area contributed by atoms with Gasteiger partial charge in [-0.15, -0.1) is 0 Å². The molecule has 0 saturated heterocycles. The van der Waals surface area contributed by atoms with Crippen LogP contribution in [0.2, 0.25) is 0 Å². The minimum Gasteiger partial charge on any atom is -0.315 e. The van der Waals surface area contributed by atoms with Crippen molar-refractivity contribution in [3.63, 3.8) is 0 Å². The minimum absolute atomic E-state index is 0.157. The number of nitrogens with one attached hydrogen (secondary N) is 1. The van der Waals surface area contributed by atoms with Gasteiger partial charge in [0.05, 0.1) is 0 Å². The average molecular weight is 235 g/mol. The molecule has 96 valence electrons. The van der Waals surface area contributed by atoms with Gasteiger partial charge < -0.3 is 10.2 Å². The Morgan fingerprint density at radius 2 is 2.18 bits per heavy atom. The van der Waals surface area contributed by atoms with Crippen LogP contribution in [0.4, 0.5) is 0 Å². The fraction of sp³-hybridized carbons (Fsp3) is 0.643. The van der Waals surface area contributed by atoms with Crippen LogP contribution in [0.25, 0.3) is 0 Å². The molecule has 0 aliphatic rings. The zero-order valence-electron chi connectivity index (χ0n) is 11.7. The van der Waals surface area contributed by atoms with E-state index in [0.717, 1.165) is 12.8 Å². The summed E-state index contributed by atoms with van der Waals surface area (Å²) >= 11 is 0. The fourth-order valence-electron chi connectivity index (χ4n) is 2.26. The maximum atomic E-state index is 4.18. The summed E-state index contributed by atoms with van der Waals surface area (Å²) in [5.74, 6) is 0. The van der Waals surface area contributed by atoms with E-state index in [0.29, 0.717) is 6.04 Å². The topological polar surface area (TPSA) is 28.2 Å². The van der Waals surface area contributed by atoms with Crippen LogP contribution in [0.15, 0.2) is 24.5 Å². The molecule has 1 N–H and O–H groups in total. The van der Waals surface area contributed by atoms with E-state index in [2.05, 4.69) is 49.2 Å². The van der Waals surface area contributed by atoms with Gasteiger partial charge in [-0.25, -0.2) is 0 Å². The summed E-state index contributed by atoms with van der Waals surface area (Å²) in [6, 6.07) is 4.57. The van der Waals surface area contributed by atoms with E-state index in [1.54, 1.807) is 0 Å². The Morgan fingerprint density at radius 3 is 2.59 bits per heavy atom. The largest absolute Gasteiger partial charge is 0.315 e. The predicted octanol–water partition coefficient (Wildman–Crippen LogP) is 1.94. The second-order valence-electron chi connectivity index (χ2n) is 5.01. The smallest absolute Gasteiger partial charge is 0.0328 e. The first-order valence-corrected chi connectivity index (χ1v) is 6.28. The molecule has 3 nitrogen and oxygen atoms in total. The van der Waals surface area contributed by atoms with Crippen molar-refractivity contribution in [2.75, 3.05) is 21.1 Å². The Hall–Kier alpha value is -0.930. The number of pyridine rings is 1. The standard InChI is InChI=1S/C14H25N3/c1-6-14(2,17(4)5)13(15-3)10-12-8-7-9-16-11-12/h7-9,11,13,15H,6,10H2,1-5H3. The van der Waals surface area contributed by atoms with Gasteiger partial charge >= 0.3 is 0 Å². The molecule has 0 aliphatic heterocycles. The Kier molecular flexibility index (Phi) is 5.09. The molecule has 2 unspecified atom stereocenters. The molecule has 0 aromatic carbocycles. The molecule has 0 radical (unpaired) electrons. The molecule has 0 spiro atoms. The van der Waals surface area contributed by atoms with Crippen molar-refractivity contribution >= 4 is 0 Å². The van der Waals surface area contributed by atoms with Crippen LogP contribution in [0.1, 0.15) is 25.8 Å². The summed E-state index contributed by atoms with van der Waals surface area (Å²) in [6.07, 6.45) is 5.90. The molecular formula is C14H25N3. The van der Waals surface area contributed by atoms with Gasteiger partial charge in [0.25, 0.3) is 0 Å². The van der Waals surface area contributed by atoms with Gasteiger partial charge in [0.15, 0.2) is 0 Å². The zero-order chi connectivity index (χ0) is 12.9. The summed E-state index contributed by atoms with van der Waals surface area (Å²) in [5, 5.41) is 3.45. The molecule has 1 heterocycles. The molecule has 1 rings (SSSR count). The highest BCUT2D eigenvalue weighted by molar-refractivity contribution is 5.12. The third kappa shape index (κ3) is 3.27. The molecule has 0 bridgehead atoms. The van der Waals surface area contributed by atoms with Crippen LogP contribution < -0.4 is 5.32 Å². The molecule has 0 fully saturated rings. The number of nitrogens with zero attached hydrogens (tertiary/aromatic N) is 2. The normalized spacial score (nSPS) is 16.8. The van der Waals surface area contributed by atoms with Crippen LogP contribution >= 0.6 is 0 Å². The van der Waals surface area contributed by atoms with Crippen LogP contribution in [0.3, 0.4) is 0 Å². The molecule has 0 amide bonds. The minimum atomic E-state index is 0.157. The van der Waals surface area contributed by atoms with Crippen LogP contribution in [0, 0.1) is 0 Å². The highest BCUT2D eigenvalue weighted by Gasteiger charge is 2.33. The number of hydrogen-bond acceptors (Lipinski definition) is 3. The Labute approximate surface area is 105 Å². The quantitative estimate of drug-likeness (QED) is 0.817. The maximum Gasteiger partial charge on any atom is 0.0328 e. The van der Waals surface area contributed by atoms with Crippen LogP contribution in [-0.4, -0.2) is 42.6 Å². The first-order chi connectivity index (χ1) is 8.04. The van der Waals surface area contributed by atoms with Crippen molar-refractivity contribution in [2.45, 2.75) is 38.3 Å². The average Bonchev–Trinajstić information content (AvgIpc) is 2.36. The molecular weight excluding hydrogens is 210 g/mol. The molecule has 17 heavy (non-hydrogen) atoms. The predicted molar refractivity (Wildman–Crippen MR) is 73.2 cm³/mol.